The van der Waals surface area contributed by atoms with Crippen molar-refractivity contribution in [1.82, 2.24) is 16.0 Å². The highest BCUT2D eigenvalue weighted by molar-refractivity contribution is 5.94. The number of carbonyl (C=O) groups is 5. The number of hydrogen-bond donors (Lipinski definition) is 8. The minimum absolute atomic E-state index is 0.00545. The first-order valence-electron chi connectivity index (χ1n) is 11.0. The molecule has 34 heavy (non-hydrogen) atoms. The molecule has 194 valence electrons. The van der Waals surface area contributed by atoms with Gasteiger partial charge in [0, 0.05) is 13.0 Å². The molecule has 0 aliphatic rings. The van der Waals surface area contributed by atoms with Crippen LogP contribution in [-0.4, -0.2) is 71.4 Å². The molecule has 0 saturated carbocycles. The number of aliphatic imine (C=N–C) groups is 1. The van der Waals surface area contributed by atoms with Gasteiger partial charge in [0.25, 0.3) is 0 Å². The SMILES string of the molecule is CCC(C)C(NC(=O)C(C)NC(=O)C(CCCN=C(N)N)NC(=O)C(N)CCC(N)=O)C(=O)O. The second-order valence-corrected chi connectivity index (χ2v) is 8.06. The lowest BCUT2D eigenvalue weighted by atomic mass is 9.99. The molecule has 5 unspecified atom stereocenters. The number of carboxylic acids is 1. The summed E-state index contributed by atoms with van der Waals surface area (Å²) >= 11 is 0. The molecule has 0 saturated heterocycles. The highest BCUT2D eigenvalue weighted by atomic mass is 16.4. The number of nitrogens with zero attached hydrogens (tertiary/aromatic N) is 1. The summed E-state index contributed by atoms with van der Waals surface area (Å²) in [6.07, 6.45) is 0.860. The number of guanidine groups is 1. The van der Waals surface area contributed by atoms with Crippen molar-refractivity contribution in [1.29, 1.82) is 0 Å². The monoisotopic (exact) mass is 486 g/mol. The van der Waals surface area contributed by atoms with Crippen LogP contribution in [0.1, 0.15) is 52.9 Å². The van der Waals surface area contributed by atoms with E-state index in [9.17, 15) is 29.1 Å². The fourth-order valence-corrected chi connectivity index (χ4v) is 2.82. The minimum atomic E-state index is -1.18. The van der Waals surface area contributed by atoms with Crippen molar-refractivity contribution in [3.8, 4) is 0 Å². The van der Waals surface area contributed by atoms with Gasteiger partial charge in [0.15, 0.2) is 5.96 Å². The van der Waals surface area contributed by atoms with Crippen LogP contribution in [-0.2, 0) is 24.0 Å². The van der Waals surface area contributed by atoms with Crippen LogP contribution in [0.15, 0.2) is 4.99 Å². The van der Waals surface area contributed by atoms with E-state index in [1.54, 1.807) is 13.8 Å². The molecule has 0 aromatic heterocycles. The Balaban J connectivity index is 5.24. The number of rotatable bonds is 16. The van der Waals surface area contributed by atoms with E-state index in [0.29, 0.717) is 12.8 Å². The third-order valence-electron chi connectivity index (χ3n) is 5.15. The van der Waals surface area contributed by atoms with Gasteiger partial charge < -0.3 is 44.0 Å². The van der Waals surface area contributed by atoms with Crippen LogP contribution in [0, 0.1) is 5.92 Å². The lowest BCUT2D eigenvalue weighted by Crippen LogP contribution is -2.57. The average molecular weight is 487 g/mol. The van der Waals surface area contributed by atoms with Gasteiger partial charge in [0.2, 0.25) is 23.6 Å². The molecule has 0 spiro atoms. The molecule has 0 radical (unpaired) electrons. The molecule has 0 fully saturated rings. The van der Waals surface area contributed by atoms with Gasteiger partial charge in [-0.15, -0.1) is 0 Å². The van der Waals surface area contributed by atoms with Crippen LogP contribution >= 0.6 is 0 Å². The number of aliphatic carboxylic acids is 1. The van der Waals surface area contributed by atoms with Crippen LogP contribution < -0.4 is 38.9 Å². The van der Waals surface area contributed by atoms with Crippen molar-refractivity contribution in [2.75, 3.05) is 6.54 Å². The molecule has 0 aromatic rings. The number of amides is 4. The largest absolute Gasteiger partial charge is 0.480 e. The molecule has 0 heterocycles. The zero-order valence-corrected chi connectivity index (χ0v) is 19.9. The first-order valence-corrected chi connectivity index (χ1v) is 11.0. The second kappa shape index (κ2) is 15.4. The third kappa shape index (κ3) is 12.0. The predicted octanol–water partition coefficient (Wildman–Crippen LogP) is -2.76. The Kier molecular flexibility index (Phi) is 13.9. The fourth-order valence-electron chi connectivity index (χ4n) is 2.82. The number of primary amides is 1. The van der Waals surface area contributed by atoms with Crippen LogP contribution in [0.5, 0.6) is 0 Å². The summed E-state index contributed by atoms with van der Waals surface area (Å²) in [5.41, 5.74) is 21.4. The molecule has 0 rings (SSSR count). The molecule has 14 heteroatoms. The highest BCUT2D eigenvalue weighted by Crippen LogP contribution is 2.08. The van der Waals surface area contributed by atoms with E-state index in [-0.39, 0.29) is 37.7 Å². The zero-order valence-electron chi connectivity index (χ0n) is 19.9. The number of hydrogen-bond acceptors (Lipinski definition) is 7. The summed E-state index contributed by atoms with van der Waals surface area (Å²) < 4.78 is 0. The minimum Gasteiger partial charge on any atom is -0.480 e. The second-order valence-electron chi connectivity index (χ2n) is 8.06. The van der Waals surface area contributed by atoms with Gasteiger partial charge in [-0.05, 0) is 32.1 Å². The van der Waals surface area contributed by atoms with Gasteiger partial charge in [-0.1, -0.05) is 20.3 Å². The maximum absolute atomic E-state index is 12.8. The summed E-state index contributed by atoms with van der Waals surface area (Å²) in [5.74, 6) is -4.30. The van der Waals surface area contributed by atoms with Crippen molar-refractivity contribution < 1.29 is 29.1 Å². The quantitative estimate of drug-likeness (QED) is 0.0637. The number of nitrogens with one attached hydrogen (secondary N) is 3. The standard InChI is InChI=1S/C20H38N8O6/c1-4-10(2)15(19(33)34)28-16(30)11(3)26-18(32)13(6-5-9-25-20(23)24)27-17(31)12(21)7-8-14(22)29/h10-13,15H,4-9,21H2,1-3H3,(H2,22,29)(H,26,32)(H,27,31)(H,28,30)(H,33,34)(H4,23,24,25). The molecule has 0 aliphatic heterocycles. The zero-order chi connectivity index (χ0) is 26.4. The maximum Gasteiger partial charge on any atom is 0.326 e. The van der Waals surface area contributed by atoms with Crippen molar-refractivity contribution in [3.05, 3.63) is 0 Å². The van der Waals surface area contributed by atoms with E-state index in [1.165, 1.54) is 6.92 Å². The Labute approximate surface area is 198 Å². The van der Waals surface area contributed by atoms with Gasteiger partial charge in [-0.3, -0.25) is 24.2 Å². The predicted molar refractivity (Wildman–Crippen MR) is 125 cm³/mol. The Bertz CT molecular complexity index is 755. The van der Waals surface area contributed by atoms with Crippen molar-refractivity contribution in [2.45, 2.75) is 77.0 Å². The summed E-state index contributed by atoms with van der Waals surface area (Å²) in [6, 6.07) is -4.36. The number of carboxylic acid groups (broad SMARTS) is 1. The molecule has 0 aliphatic carbocycles. The van der Waals surface area contributed by atoms with Gasteiger partial charge >= 0.3 is 5.97 Å². The molecule has 0 aromatic carbocycles. The first kappa shape index (κ1) is 30.6. The lowest BCUT2D eigenvalue weighted by molar-refractivity contribution is -0.143. The smallest absolute Gasteiger partial charge is 0.326 e. The fraction of sp³-hybridized carbons (Fsp3) is 0.700. The summed E-state index contributed by atoms with van der Waals surface area (Å²) in [7, 11) is 0. The van der Waals surface area contributed by atoms with Gasteiger partial charge in [0.05, 0.1) is 6.04 Å². The topological polar surface area (TPSA) is 258 Å². The van der Waals surface area contributed by atoms with E-state index < -0.39 is 53.8 Å². The third-order valence-corrected chi connectivity index (χ3v) is 5.15. The molecular formula is C20H38N8O6. The lowest BCUT2D eigenvalue weighted by Gasteiger charge is -2.25. The van der Waals surface area contributed by atoms with Crippen LogP contribution in [0.3, 0.4) is 0 Å². The van der Waals surface area contributed by atoms with Crippen LogP contribution in [0.25, 0.3) is 0 Å². The Morgan fingerprint density at radius 3 is 2.03 bits per heavy atom. The van der Waals surface area contributed by atoms with Gasteiger partial charge in [-0.2, -0.15) is 0 Å². The van der Waals surface area contributed by atoms with E-state index in [2.05, 4.69) is 20.9 Å². The van der Waals surface area contributed by atoms with Gasteiger partial charge in [-0.25, -0.2) is 4.79 Å². The first-order chi connectivity index (χ1) is 15.8. The van der Waals surface area contributed by atoms with Crippen molar-refractivity contribution >= 4 is 35.6 Å². The Morgan fingerprint density at radius 2 is 1.53 bits per heavy atom. The molecule has 5 atom stereocenters. The van der Waals surface area contributed by atoms with Crippen LogP contribution in [0.4, 0.5) is 0 Å². The van der Waals surface area contributed by atoms with Gasteiger partial charge in [0.1, 0.15) is 18.1 Å². The van der Waals surface area contributed by atoms with Crippen molar-refractivity contribution in [2.24, 2.45) is 33.8 Å². The van der Waals surface area contributed by atoms with Crippen molar-refractivity contribution in [3.63, 3.8) is 0 Å². The molecule has 12 N–H and O–H groups in total. The highest BCUT2D eigenvalue weighted by Gasteiger charge is 2.30. The normalized spacial score (nSPS) is 15.1. The maximum atomic E-state index is 12.8. The Morgan fingerprint density at radius 1 is 0.912 bits per heavy atom. The molecule has 0 bridgehead atoms. The summed E-state index contributed by atoms with van der Waals surface area (Å²) in [5, 5.41) is 16.7. The van der Waals surface area contributed by atoms with E-state index >= 15 is 0 Å². The molecule has 4 amide bonds. The Hall–Kier alpha value is -3.42. The van der Waals surface area contributed by atoms with E-state index in [1.807, 2.05) is 0 Å². The molecule has 14 nitrogen and oxygen atoms in total. The van der Waals surface area contributed by atoms with E-state index in [4.69, 9.17) is 22.9 Å². The average Bonchev–Trinajstić information content (AvgIpc) is 2.76. The molecular weight excluding hydrogens is 448 g/mol. The van der Waals surface area contributed by atoms with E-state index in [0.717, 1.165) is 0 Å². The summed E-state index contributed by atoms with van der Waals surface area (Å²) in [4.78, 5) is 63.8. The number of carbonyl (C=O) groups excluding carboxylic acids is 4. The van der Waals surface area contributed by atoms with Crippen LogP contribution in [0.2, 0.25) is 0 Å². The summed E-state index contributed by atoms with van der Waals surface area (Å²) in [6.45, 7) is 5.06. The number of nitrogens with two attached hydrogens (primary N) is 4.